The Bertz CT molecular complexity index is 1500. The van der Waals surface area contributed by atoms with E-state index in [1.807, 2.05) is 19.1 Å². The summed E-state index contributed by atoms with van der Waals surface area (Å²) in [5, 5.41) is 6.23. The summed E-state index contributed by atoms with van der Waals surface area (Å²) in [4.78, 5) is 37.1. The Morgan fingerprint density at radius 1 is 1.06 bits per heavy atom. The van der Waals surface area contributed by atoms with E-state index in [9.17, 15) is 9.59 Å². The molecule has 0 atom stereocenters. The summed E-state index contributed by atoms with van der Waals surface area (Å²) in [6.07, 6.45) is 8.69. The topological polar surface area (TPSA) is 108 Å². The molecule has 8 nitrogen and oxygen atoms in total. The molecule has 0 fully saturated rings. The minimum absolute atomic E-state index is 0.186. The molecule has 0 saturated heterocycles. The highest BCUT2D eigenvalue weighted by Gasteiger charge is 2.16. The number of fused-ring (bicyclic) bond motifs is 1. The molecule has 4 rings (SSSR count). The van der Waals surface area contributed by atoms with Crippen molar-refractivity contribution in [1.82, 2.24) is 9.97 Å². The van der Waals surface area contributed by atoms with Gasteiger partial charge < -0.3 is 20.4 Å². The van der Waals surface area contributed by atoms with Crippen molar-refractivity contribution in [3.63, 3.8) is 0 Å². The number of carbonyl (C=O) groups excluding carboxylic acids is 2. The Hall–Kier alpha value is -4.98. The SMILES string of the molecule is C=N/C=C\C=C(/C)c1cnc2[nH]cc(C(=O)c3cccc(NC(=O)Nc4cccc(OC)c4)c3)c2c1. The number of ketones is 1. The van der Waals surface area contributed by atoms with Gasteiger partial charge in [0.05, 0.1) is 7.11 Å². The number of aliphatic imine (C=N–C) groups is 1. The van der Waals surface area contributed by atoms with Crippen LogP contribution >= 0.6 is 0 Å². The maximum absolute atomic E-state index is 13.4. The second-order valence-electron chi connectivity index (χ2n) is 7.92. The van der Waals surface area contributed by atoms with Gasteiger partial charge in [-0.2, -0.15) is 0 Å². The Labute approximate surface area is 208 Å². The van der Waals surface area contributed by atoms with E-state index in [1.165, 1.54) is 0 Å². The molecule has 180 valence electrons. The summed E-state index contributed by atoms with van der Waals surface area (Å²) in [6, 6.07) is 15.3. The number of urea groups is 1. The summed E-state index contributed by atoms with van der Waals surface area (Å²) in [5.74, 6) is 0.446. The van der Waals surface area contributed by atoms with Gasteiger partial charge in [0.2, 0.25) is 0 Å². The zero-order chi connectivity index (χ0) is 25.5. The molecule has 0 unspecified atom stereocenters. The van der Waals surface area contributed by atoms with E-state index in [4.69, 9.17) is 4.74 Å². The van der Waals surface area contributed by atoms with Gasteiger partial charge in [0.25, 0.3) is 0 Å². The van der Waals surface area contributed by atoms with Crippen LogP contribution in [0, 0.1) is 0 Å². The molecule has 0 aliphatic heterocycles. The highest BCUT2D eigenvalue weighted by Crippen LogP contribution is 2.25. The van der Waals surface area contributed by atoms with Crippen LogP contribution in [0.2, 0.25) is 0 Å². The monoisotopic (exact) mass is 479 g/mol. The molecular formula is C28H25N5O3. The molecule has 8 heteroatoms. The first kappa shape index (κ1) is 24.2. The lowest BCUT2D eigenvalue weighted by Gasteiger charge is -2.10. The van der Waals surface area contributed by atoms with Crippen molar-refractivity contribution in [2.24, 2.45) is 4.99 Å². The van der Waals surface area contributed by atoms with Crippen molar-refractivity contribution in [1.29, 1.82) is 0 Å². The van der Waals surface area contributed by atoms with Crippen molar-refractivity contribution in [3.05, 3.63) is 102 Å². The van der Waals surface area contributed by atoms with Crippen LogP contribution in [0.15, 0.2) is 90.3 Å². The van der Waals surface area contributed by atoms with E-state index in [1.54, 1.807) is 80.3 Å². The van der Waals surface area contributed by atoms with Crippen LogP contribution in [0.5, 0.6) is 5.75 Å². The molecule has 36 heavy (non-hydrogen) atoms. The quantitative estimate of drug-likeness (QED) is 0.162. The maximum atomic E-state index is 13.4. The lowest BCUT2D eigenvalue weighted by molar-refractivity contribution is 0.104. The fraction of sp³-hybridized carbons (Fsp3) is 0.0714. The van der Waals surface area contributed by atoms with E-state index >= 15 is 0 Å². The Kier molecular flexibility index (Phi) is 7.36. The number of methoxy groups -OCH3 is 1. The lowest BCUT2D eigenvalue weighted by Crippen LogP contribution is -2.19. The summed E-state index contributed by atoms with van der Waals surface area (Å²) < 4.78 is 5.18. The van der Waals surface area contributed by atoms with Gasteiger partial charge in [-0.1, -0.05) is 24.3 Å². The highest BCUT2D eigenvalue weighted by molar-refractivity contribution is 6.16. The minimum Gasteiger partial charge on any atom is -0.497 e. The third-order valence-electron chi connectivity index (χ3n) is 5.48. The number of hydrogen-bond donors (Lipinski definition) is 3. The molecule has 2 aromatic heterocycles. The second-order valence-corrected chi connectivity index (χ2v) is 7.92. The van der Waals surface area contributed by atoms with Crippen LogP contribution in [0.4, 0.5) is 16.2 Å². The van der Waals surface area contributed by atoms with E-state index in [0.29, 0.717) is 39.3 Å². The summed E-state index contributed by atoms with van der Waals surface area (Å²) in [5.41, 5.74) is 4.47. The molecular weight excluding hydrogens is 454 g/mol. The fourth-order valence-corrected chi connectivity index (χ4v) is 3.64. The minimum atomic E-state index is -0.434. The Morgan fingerprint density at radius 3 is 2.56 bits per heavy atom. The van der Waals surface area contributed by atoms with Gasteiger partial charge in [0, 0.05) is 52.5 Å². The summed E-state index contributed by atoms with van der Waals surface area (Å²) in [7, 11) is 1.56. The standard InChI is InChI=1S/C28H25N5O3/c1-18(7-6-12-29-2)20-14-24-25(17-31-27(24)30-16-20)26(34)19-8-4-9-21(13-19)32-28(35)33-22-10-5-11-23(15-22)36-3/h4-17H,2H2,1,3H3,(H,30,31)(H2,32,33,35)/b12-6-,18-7+. The Morgan fingerprint density at radius 2 is 1.81 bits per heavy atom. The number of hydrogen-bond acceptors (Lipinski definition) is 5. The number of pyridine rings is 1. The average molecular weight is 480 g/mol. The number of nitrogens with zero attached hydrogens (tertiary/aromatic N) is 2. The maximum Gasteiger partial charge on any atom is 0.323 e. The number of aromatic nitrogens is 2. The molecule has 0 radical (unpaired) electrons. The van der Waals surface area contributed by atoms with Gasteiger partial charge >= 0.3 is 6.03 Å². The molecule has 0 aliphatic rings. The van der Waals surface area contributed by atoms with Gasteiger partial charge in [0.1, 0.15) is 11.4 Å². The molecule has 0 saturated carbocycles. The number of anilines is 2. The van der Waals surface area contributed by atoms with Crippen LogP contribution in [0.3, 0.4) is 0 Å². The fourth-order valence-electron chi connectivity index (χ4n) is 3.64. The molecule has 0 aliphatic carbocycles. The number of ether oxygens (including phenoxy) is 1. The normalized spacial score (nSPS) is 11.4. The third-order valence-corrected chi connectivity index (χ3v) is 5.48. The number of nitrogens with one attached hydrogen (secondary N) is 3. The first-order valence-corrected chi connectivity index (χ1v) is 11.1. The molecule has 2 amide bonds. The predicted molar refractivity (Wildman–Crippen MR) is 144 cm³/mol. The van der Waals surface area contributed by atoms with Crippen molar-refractivity contribution < 1.29 is 14.3 Å². The second kappa shape index (κ2) is 11.0. The Balaban J connectivity index is 1.54. The van der Waals surface area contributed by atoms with E-state index in [-0.39, 0.29) is 5.78 Å². The highest BCUT2D eigenvalue weighted by atomic mass is 16.5. The van der Waals surface area contributed by atoms with Crippen LogP contribution in [-0.2, 0) is 0 Å². The zero-order valence-corrected chi connectivity index (χ0v) is 19.9. The van der Waals surface area contributed by atoms with E-state index < -0.39 is 6.03 Å². The number of aromatic amines is 1. The number of carbonyl (C=O) groups is 2. The van der Waals surface area contributed by atoms with Crippen LogP contribution in [0.1, 0.15) is 28.4 Å². The smallest absolute Gasteiger partial charge is 0.323 e. The third kappa shape index (κ3) is 5.56. The summed E-state index contributed by atoms with van der Waals surface area (Å²) >= 11 is 0. The van der Waals surface area contributed by atoms with Gasteiger partial charge in [0.15, 0.2) is 5.78 Å². The molecule has 2 heterocycles. The lowest BCUT2D eigenvalue weighted by atomic mass is 10.0. The number of H-pyrrole nitrogens is 1. The van der Waals surface area contributed by atoms with Gasteiger partial charge in [-0.3, -0.25) is 9.79 Å². The molecule has 2 aromatic carbocycles. The first-order chi connectivity index (χ1) is 17.5. The zero-order valence-electron chi connectivity index (χ0n) is 19.9. The van der Waals surface area contributed by atoms with Crippen LogP contribution < -0.4 is 15.4 Å². The number of amides is 2. The number of rotatable bonds is 8. The van der Waals surface area contributed by atoms with Crippen LogP contribution in [0.25, 0.3) is 16.6 Å². The molecule has 0 bridgehead atoms. The number of benzene rings is 2. The van der Waals surface area contributed by atoms with Crippen molar-refractivity contribution in [2.75, 3.05) is 17.7 Å². The molecule has 4 aromatic rings. The largest absolute Gasteiger partial charge is 0.497 e. The van der Waals surface area contributed by atoms with E-state index in [2.05, 4.69) is 32.3 Å². The van der Waals surface area contributed by atoms with Crippen molar-refractivity contribution >= 4 is 46.5 Å². The summed E-state index contributed by atoms with van der Waals surface area (Å²) in [6.45, 7) is 5.37. The van der Waals surface area contributed by atoms with Crippen LogP contribution in [-0.4, -0.2) is 35.6 Å². The predicted octanol–water partition coefficient (Wildman–Crippen LogP) is 6.06. The molecule has 0 spiro atoms. The van der Waals surface area contributed by atoms with Gasteiger partial charge in [-0.25, -0.2) is 9.78 Å². The average Bonchev–Trinajstić information content (AvgIpc) is 3.32. The first-order valence-electron chi connectivity index (χ1n) is 11.1. The molecule has 3 N–H and O–H groups in total. The van der Waals surface area contributed by atoms with Gasteiger partial charge in [-0.05, 0) is 61.2 Å². The number of allylic oxidation sites excluding steroid dienone is 3. The van der Waals surface area contributed by atoms with Gasteiger partial charge in [-0.15, -0.1) is 0 Å². The van der Waals surface area contributed by atoms with E-state index in [0.717, 1.165) is 11.1 Å². The van der Waals surface area contributed by atoms with Crippen molar-refractivity contribution in [3.8, 4) is 5.75 Å². The van der Waals surface area contributed by atoms with Crippen molar-refractivity contribution in [2.45, 2.75) is 6.92 Å².